The monoisotopic (exact) mass is 345 g/mol. The SMILES string of the molecule is CCNC(=NCC(C)COCc1ccccc1)NCCC(F)(F)F. The van der Waals surface area contributed by atoms with Gasteiger partial charge in [-0.05, 0) is 18.4 Å². The molecule has 1 rings (SSSR count). The lowest BCUT2D eigenvalue weighted by Gasteiger charge is -2.14. The minimum absolute atomic E-state index is 0.173. The van der Waals surface area contributed by atoms with Gasteiger partial charge in [-0.25, -0.2) is 0 Å². The van der Waals surface area contributed by atoms with Gasteiger partial charge < -0.3 is 15.4 Å². The average Bonchev–Trinajstić information content (AvgIpc) is 2.52. The summed E-state index contributed by atoms with van der Waals surface area (Å²) in [5.74, 6) is 0.573. The summed E-state index contributed by atoms with van der Waals surface area (Å²) in [7, 11) is 0. The number of alkyl halides is 3. The van der Waals surface area contributed by atoms with Crippen LogP contribution in [0.5, 0.6) is 0 Å². The van der Waals surface area contributed by atoms with Gasteiger partial charge >= 0.3 is 6.18 Å². The fourth-order valence-electron chi connectivity index (χ4n) is 1.92. The molecule has 0 amide bonds. The van der Waals surface area contributed by atoms with Gasteiger partial charge in [0.05, 0.1) is 19.6 Å². The van der Waals surface area contributed by atoms with Crippen molar-refractivity contribution in [2.24, 2.45) is 10.9 Å². The van der Waals surface area contributed by atoms with Gasteiger partial charge in [-0.2, -0.15) is 13.2 Å². The van der Waals surface area contributed by atoms with E-state index in [9.17, 15) is 13.2 Å². The van der Waals surface area contributed by atoms with Crippen LogP contribution in [-0.4, -0.2) is 38.4 Å². The van der Waals surface area contributed by atoms with Crippen LogP contribution < -0.4 is 10.6 Å². The Bertz CT molecular complexity index is 478. The molecule has 0 heterocycles. The molecule has 1 aromatic carbocycles. The Labute approximate surface area is 141 Å². The number of nitrogens with one attached hydrogen (secondary N) is 2. The molecule has 1 aromatic rings. The Morgan fingerprint density at radius 2 is 1.92 bits per heavy atom. The van der Waals surface area contributed by atoms with Crippen molar-refractivity contribution in [2.45, 2.75) is 33.1 Å². The quantitative estimate of drug-likeness (QED) is 0.533. The molecule has 0 aliphatic heterocycles. The molecule has 0 aliphatic carbocycles. The number of ether oxygens (including phenoxy) is 1. The van der Waals surface area contributed by atoms with Gasteiger partial charge in [0.25, 0.3) is 0 Å². The summed E-state index contributed by atoms with van der Waals surface area (Å²) >= 11 is 0. The molecular weight excluding hydrogens is 319 g/mol. The first kappa shape index (κ1) is 20.3. The number of halogens is 3. The van der Waals surface area contributed by atoms with Crippen LogP contribution >= 0.6 is 0 Å². The maximum Gasteiger partial charge on any atom is 0.390 e. The molecule has 0 saturated heterocycles. The van der Waals surface area contributed by atoms with E-state index >= 15 is 0 Å². The van der Waals surface area contributed by atoms with Crippen molar-refractivity contribution in [1.82, 2.24) is 10.6 Å². The lowest BCUT2D eigenvalue weighted by Crippen LogP contribution is -2.39. The standard InChI is InChI=1S/C17H26F3N3O/c1-3-21-16(22-10-9-17(18,19)20)23-11-14(2)12-24-13-15-7-5-4-6-8-15/h4-8,14H,3,9-13H2,1-2H3,(H2,21,22,23). The second-order valence-electron chi connectivity index (χ2n) is 5.62. The summed E-state index contributed by atoms with van der Waals surface area (Å²) in [5.41, 5.74) is 1.11. The first-order valence-corrected chi connectivity index (χ1v) is 8.11. The predicted molar refractivity (Wildman–Crippen MR) is 89.9 cm³/mol. The number of hydrogen-bond acceptors (Lipinski definition) is 2. The zero-order chi connectivity index (χ0) is 17.8. The first-order valence-electron chi connectivity index (χ1n) is 8.11. The molecule has 1 unspecified atom stereocenters. The maximum atomic E-state index is 12.2. The molecule has 0 aromatic heterocycles. The van der Waals surface area contributed by atoms with Crippen LogP contribution in [0.25, 0.3) is 0 Å². The van der Waals surface area contributed by atoms with Gasteiger partial charge in [0.15, 0.2) is 5.96 Å². The van der Waals surface area contributed by atoms with Gasteiger partial charge in [-0.15, -0.1) is 0 Å². The molecule has 0 spiro atoms. The van der Waals surface area contributed by atoms with E-state index in [1.807, 2.05) is 44.2 Å². The lowest BCUT2D eigenvalue weighted by molar-refractivity contribution is -0.132. The fourth-order valence-corrected chi connectivity index (χ4v) is 1.92. The summed E-state index contributed by atoms with van der Waals surface area (Å²) in [6.07, 6.45) is -5.05. The highest BCUT2D eigenvalue weighted by Gasteiger charge is 2.26. The molecule has 1 atom stereocenters. The zero-order valence-electron chi connectivity index (χ0n) is 14.2. The number of aliphatic imine (C=N–C) groups is 1. The van der Waals surface area contributed by atoms with E-state index in [0.717, 1.165) is 5.56 Å². The smallest absolute Gasteiger partial charge is 0.376 e. The Kier molecular flexibility index (Phi) is 9.22. The molecule has 0 radical (unpaired) electrons. The minimum Gasteiger partial charge on any atom is -0.376 e. The van der Waals surface area contributed by atoms with E-state index in [1.165, 1.54) is 0 Å². The number of benzene rings is 1. The van der Waals surface area contributed by atoms with E-state index in [-0.39, 0.29) is 12.5 Å². The summed E-state index contributed by atoms with van der Waals surface area (Å²) in [4.78, 5) is 4.31. The third-order valence-corrected chi connectivity index (χ3v) is 3.12. The van der Waals surface area contributed by atoms with E-state index in [2.05, 4.69) is 15.6 Å². The highest BCUT2D eigenvalue weighted by molar-refractivity contribution is 5.79. The number of guanidine groups is 1. The Morgan fingerprint density at radius 3 is 2.54 bits per heavy atom. The number of rotatable bonds is 9. The van der Waals surface area contributed by atoms with Gasteiger partial charge in [0.1, 0.15) is 0 Å². The Morgan fingerprint density at radius 1 is 1.21 bits per heavy atom. The minimum atomic E-state index is -4.16. The van der Waals surface area contributed by atoms with Gasteiger partial charge in [0, 0.05) is 19.6 Å². The van der Waals surface area contributed by atoms with Gasteiger partial charge in [0.2, 0.25) is 0 Å². The normalized spacial score (nSPS) is 13.6. The molecule has 24 heavy (non-hydrogen) atoms. The highest BCUT2D eigenvalue weighted by Crippen LogP contribution is 2.18. The summed E-state index contributed by atoms with van der Waals surface area (Å²) in [5, 5.41) is 5.63. The number of nitrogens with zero attached hydrogens (tertiary/aromatic N) is 1. The van der Waals surface area contributed by atoms with E-state index < -0.39 is 12.6 Å². The van der Waals surface area contributed by atoms with Crippen LogP contribution in [0.3, 0.4) is 0 Å². The van der Waals surface area contributed by atoms with Crippen LogP contribution in [0.15, 0.2) is 35.3 Å². The molecule has 7 heteroatoms. The zero-order valence-corrected chi connectivity index (χ0v) is 14.2. The van der Waals surface area contributed by atoms with Gasteiger partial charge in [-0.3, -0.25) is 4.99 Å². The van der Waals surface area contributed by atoms with Crippen molar-refractivity contribution >= 4 is 5.96 Å². The maximum absolute atomic E-state index is 12.2. The summed E-state index contributed by atoms with van der Waals surface area (Å²) in [6.45, 7) is 5.83. The average molecular weight is 345 g/mol. The van der Waals surface area contributed by atoms with Crippen molar-refractivity contribution < 1.29 is 17.9 Å². The molecule has 0 bridgehead atoms. The predicted octanol–water partition coefficient (Wildman–Crippen LogP) is 3.35. The molecule has 0 fully saturated rings. The molecule has 0 aliphatic rings. The van der Waals surface area contributed by atoms with Crippen LogP contribution in [-0.2, 0) is 11.3 Å². The summed E-state index contributed by atoms with van der Waals surface area (Å²) in [6, 6.07) is 9.87. The van der Waals surface area contributed by atoms with Crippen LogP contribution in [0.1, 0.15) is 25.8 Å². The van der Waals surface area contributed by atoms with Crippen LogP contribution in [0, 0.1) is 5.92 Å². The highest BCUT2D eigenvalue weighted by atomic mass is 19.4. The first-order chi connectivity index (χ1) is 11.4. The third-order valence-electron chi connectivity index (χ3n) is 3.12. The van der Waals surface area contributed by atoms with E-state index in [1.54, 1.807) is 0 Å². The van der Waals surface area contributed by atoms with Crippen molar-refractivity contribution in [3.8, 4) is 0 Å². The molecule has 4 nitrogen and oxygen atoms in total. The van der Waals surface area contributed by atoms with Crippen molar-refractivity contribution in [2.75, 3.05) is 26.2 Å². The van der Waals surface area contributed by atoms with Crippen molar-refractivity contribution in [3.63, 3.8) is 0 Å². The van der Waals surface area contributed by atoms with Crippen LogP contribution in [0.4, 0.5) is 13.2 Å². The fraction of sp³-hybridized carbons (Fsp3) is 0.588. The van der Waals surface area contributed by atoms with E-state index in [4.69, 9.17) is 4.74 Å². The van der Waals surface area contributed by atoms with Crippen molar-refractivity contribution in [1.29, 1.82) is 0 Å². The molecule has 2 N–H and O–H groups in total. The van der Waals surface area contributed by atoms with E-state index in [0.29, 0.717) is 32.3 Å². The second kappa shape index (κ2) is 10.9. The number of hydrogen-bond donors (Lipinski definition) is 2. The lowest BCUT2D eigenvalue weighted by atomic mass is 10.2. The molecule has 0 saturated carbocycles. The molecular formula is C17H26F3N3O. The summed E-state index contributed by atoms with van der Waals surface area (Å²) < 4.78 is 42.1. The Hall–Kier alpha value is -1.76. The van der Waals surface area contributed by atoms with Crippen molar-refractivity contribution in [3.05, 3.63) is 35.9 Å². The van der Waals surface area contributed by atoms with Gasteiger partial charge in [-0.1, -0.05) is 37.3 Å². The Balaban J connectivity index is 2.30. The second-order valence-corrected chi connectivity index (χ2v) is 5.62. The molecule has 136 valence electrons. The van der Waals surface area contributed by atoms with Crippen LogP contribution in [0.2, 0.25) is 0 Å². The third kappa shape index (κ3) is 10.1. The topological polar surface area (TPSA) is 45.7 Å². The largest absolute Gasteiger partial charge is 0.390 e.